The van der Waals surface area contributed by atoms with Crippen molar-refractivity contribution in [1.29, 1.82) is 0 Å². The molecule has 2 heterocycles. The lowest BCUT2D eigenvalue weighted by Crippen LogP contribution is -2.23. The number of imidazole rings is 1. The van der Waals surface area contributed by atoms with E-state index in [-0.39, 0.29) is 5.91 Å². The summed E-state index contributed by atoms with van der Waals surface area (Å²) in [5, 5.41) is 6.86. The number of hydrogen-bond donors (Lipinski definition) is 1. The molecular weight excluding hydrogens is 248 g/mol. The average molecular weight is 258 g/mol. The van der Waals surface area contributed by atoms with Gasteiger partial charge in [-0.25, -0.2) is 9.50 Å². The molecule has 1 N–H and O–H groups in total. The standard InChI is InChI=1S/C12H10N4OS/c17-11(13-6-9-4-2-1-3-5-9)10-7-16-12(15-10)18-8-14-16/h1-5,7-8H,6H2,(H,13,17). The molecule has 0 aliphatic heterocycles. The van der Waals surface area contributed by atoms with Gasteiger partial charge in [0.2, 0.25) is 4.96 Å². The van der Waals surface area contributed by atoms with Crippen LogP contribution in [0.4, 0.5) is 0 Å². The van der Waals surface area contributed by atoms with Gasteiger partial charge in [0.1, 0.15) is 11.2 Å². The smallest absolute Gasteiger partial charge is 0.271 e. The first-order valence-corrected chi connectivity index (χ1v) is 6.32. The van der Waals surface area contributed by atoms with Crippen molar-refractivity contribution >= 4 is 22.2 Å². The molecule has 2 aromatic heterocycles. The fraction of sp³-hybridized carbons (Fsp3) is 0.0833. The summed E-state index contributed by atoms with van der Waals surface area (Å²) < 4.78 is 1.60. The number of hydrogen-bond acceptors (Lipinski definition) is 4. The zero-order valence-corrected chi connectivity index (χ0v) is 10.2. The van der Waals surface area contributed by atoms with E-state index >= 15 is 0 Å². The van der Waals surface area contributed by atoms with Gasteiger partial charge in [0.05, 0.1) is 6.20 Å². The highest BCUT2D eigenvalue weighted by Crippen LogP contribution is 2.08. The second-order valence-corrected chi connectivity index (χ2v) is 4.57. The summed E-state index contributed by atoms with van der Waals surface area (Å²) in [6, 6.07) is 9.76. The Balaban J connectivity index is 1.70. The van der Waals surface area contributed by atoms with Crippen molar-refractivity contribution in [3.05, 3.63) is 53.3 Å². The molecule has 3 aromatic rings. The van der Waals surface area contributed by atoms with Crippen LogP contribution in [0, 0.1) is 0 Å². The Labute approximate surface area is 107 Å². The maximum absolute atomic E-state index is 11.9. The third-order valence-electron chi connectivity index (χ3n) is 2.51. The van der Waals surface area contributed by atoms with Crippen LogP contribution in [0.2, 0.25) is 0 Å². The number of amides is 1. The van der Waals surface area contributed by atoms with Gasteiger partial charge in [-0.2, -0.15) is 5.10 Å². The molecular formula is C12H10N4OS. The highest BCUT2D eigenvalue weighted by Gasteiger charge is 2.11. The van der Waals surface area contributed by atoms with E-state index < -0.39 is 0 Å². The molecule has 0 unspecified atom stereocenters. The molecule has 0 saturated carbocycles. The molecule has 0 aliphatic rings. The topological polar surface area (TPSA) is 59.3 Å². The van der Waals surface area contributed by atoms with Crippen LogP contribution in [-0.2, 0) is 6.54 Å². The van der Waals surface area contributed by atoms with Crippen molar-refractivity contribution in [3.63, 3.8) is 0 Å². The predicted octanol–water partition coefficient (Wildman–Crippen LogP) is 1.72. The van der Waals surface area contributed by atoms with Crippen molar-refractivity contribution in [3.8, 4) is 0 Å². The molecule has 0 atom stereocenters. The largest absolute Gasteiger partial charge is 0.347 e. The lowest BCUT2D eigenvalue weighted by atomic mass is 10.2. The Morgan fingerprint density at radius 1 is 1.33 bits per heavy atom. The molecule has 0 radical (unpaired) electrons. The number of carbonyl (C=O) groups is 1. The summed E-state index contributed by atoms with van der Waals surface area (Å²) in [7, 11) is 0. The first-order chi connectivity index (χ1) is 8.83. The van der Waals surface area contributed by atoms with Gasteiger partial charge in [-0.3, -0.25) is 4.79 Å². The van der Waals surface area contributed by atoms with Crippen molar-refractivity contribution in [2.75, 3.05) is 0 Å². The summed E-state index contributed by atoms with van der Waals surface area (Å²) in [5.41, 5.74) is 3.14. The molecule has 6 heteroatoms. The highest BCUT2D eigenvalue weighted by atomic mass is 32.1. The van der Waals surface area contributed by atoms with Gasteiger partial charge in [0.15, 0.2) is 0 Å². The minimum absolute atomic E-state index is 0.184. The highest BCUT2D eigenvalue weighted by molar-refractivity contribution is 7.14. The van der Waals surface area contributed by atoms with Crippen molar-refractivity contribution in [2.24, 2.45) is 0 Å². The SMILES string of the molecule is O=C(NCc1ccccc1)c1cn2ncsc2n1. The zero-order valence-electron chi connectivity index (χ0n) is 9.41. The molecule has 0 spiro atoms. The van der Waals surface area contributed by atoms with E-state index in [4.69, 9.17) is 0 Å². The molecule has 0 saturated heterocycles. The van der Waals surface area contributed by atoms with Crippen molar-refractivity contribution < 1.29 is 4.79 Å². The van der Waals surface area contributed by atoms with Crippen LogP contribution < -0.4 is 5.32 Å². The van der Waals surface area contributed by atoms with Gasteiger partial charge < -0.3 is 5.32 Å². The van der Waals surface area contributed by atoms with Gasteiger partial charge >= 0.3 is 0 Å². The van der Waals surface area contributed by atoms with Crippen LogP contribution in [0.1, 0.15) is 16.1 Å². The van der Waals surface area contributed by atoms with E-state index in [0.717, 1.165) is 10.5 Å². The van der Waals surface area contributed by atoms with Gasteiger partial charge in [-0.05, 0) is 5.56 Å². The Hall–Kier alpha value is -2.21. The molecule has 0 aliphatic carbocycles. The monoisotopic (exact) mass is 258 g/mol. The van der Waals surface area contributed by atoms with E-state index in [1.807, 2.05) is 30.3 Å². The lowest BCUT2D eigenvalue weighted by molar-refractivity contribution is 0.0946. The van der Waals surface area contributed by atoms with E-state index in [1.165, 1.54) is 11.3 Å². The van der Waals surface area contributed by atoms with E-state index in [9.17, 15) is 4.79 Å². The molecule has 1 amide bonds. The van der Waals surface area contributed by atoms with E-state index in [1.54, 1.807) is 16.2 Å². The quantitative estimate of drug-likeness (QED) is 0.778. The van der Waals surface area contributed by atoms with Gasteiger partial charge in [-0.15, -0.1) is 0 Å². The maximum atomic E-state index is 11.9. The number of nitrogens with zero attached hydrogens (tertiary/aromatic N) is 3. The predicted molar refractivity (Wildman–Crippen MR) is 68.5 cm³/mol. The van der Waals surface area contributed by atoms with Crippen LogP contribution in [0.3, 0.4) is 0 Å². The van der Waals surface area contributed by atoms with E-state index in [0.29, 0.717) is 12.2 Å². The third kappa shape index (κ3) is 2.10. The van der Waals surface area contributed by atoms with Crippen LogP contribution >= 0.6 is 11.3 Å². The third-order valence-corrected chi connectivity index (χ3v) is 3.20. The van der Waals surface area contributed by atoms with Crippen LogP contribution in [0.15, 0.2) is 42.0 Å². The number of fused-ring (bicyclic) bond motifs is 1. The lowest BCUT2D eigenvalue weighted by Gasteiger charge is -2.02. The first-order valence-electron chi connectivity index (χ1n) is 5.44. The van der Waals surface area contributed by atoms with Crippen molar-refractivity contribution in [2.45, 2.75) is 6.54 Å². The molecule has 5 nitrogen and oxygen atoms in total. The molecule has 0 bridgehead atoms. The Bertz CT molecular complexity index is 645. The summed E-state index contributed by atoms with van der Waals surface area (Å²) in [4.78, 5) is 16.8. The Kier molecular flexibility index (Phi) is 2.77. The minimum Gasteiger partial charge on any atom is -0.347 e. The molecule has 18 heavy (non-hydrogen) atoms. The van der Waals surface area contributed by atoms with Crippen molar-refractivity contribution in [1.82, 2.24) is 19.9 Å². The number of benzene rings is 1. The molecule has 90 valence electrons. The number of aromatic nitrogens is 3. The zero-order chi connectivity index (χ0) is 12.4. The Morgan fingerprint density at radius 3 is 2.94 bits per heavy atom. The minimum atomic E-state index is -0.184. The first kappa shape index (κ1) is 10.9. The van der Waals surface area contributed by atoms with Crippen LogP contribution in [0.25, 0.3) is 4.96 Å². The second-order valence-electron chi connectivity index (χ2n) is 3.76. The van der Waals surface area contributed by atoms with Crippen LogP contribution in [-0.4, -0.2) is 20.5 Å². The van der Waals surface area contributed by atoms with Crippen LogP contribution in [0.5, 0.6) is 0 Å². The fourth-order valence-corrected chi connectivity index (χ4v) is 2.22. The number of nitrogens with one attached hydrogen (secondary N) is 1. The van der Waals surface area contributed by atoms with E-state index in [2.05, 4.69) is 15.4 Å². The summed E-state index contributed by atoms with van der Waals surface area (Å²) in [5.74, 6) is -0.184. The molecule has 3 rings (SSSR count). The number of rotatable bonds is 3. The summed E-state index contributed by atoms with van der Waals surface area (Å²) >= 11 is 1.40. The molecule has 0 fully saturated rings. The summed E-state index contributed by atoms with van der Waals surface area (Å²) in [6.07, 6.45) is 1.63. The summed E-state index contributed by atoms with van der Waals surface area (Å²) in [6.45, 7) is 0.498. The normalized spacial score (nSPS) is 10.7. The molecule has 1 aromatic carbocycles. The fourth-order valence-electron chi connectivity index (χ4n) is 1.62. The van der Waals surface area contributed by atoms with Gasteiger partial charge in [0, 0.05) is 6.54 Å². The maximum Gasteiger partial charge on any atom is 0.271 e. The second kappa shape index (κ2) is 4.58. The number of carbonyl (C=O) groups excluding carboxylic acids is 1. The Morgan fingerprint density at radius 2 is 2.17 bits per heavy atom. The van der Waals surface area contributed by atoms with Gasteiger partial charge in [-0.1, -0.05) is 41.7 Å². The van der Waals surface area contributed by atoms with Gasteiger partial charge in [0.25, 0.3) is 5.91 Å². The average Bonchev–Trinajstić information content (AvgIpc) is 2.98.